The van der Waals surface area contributed by atoms with Crippen LogP contribution in [0.2, 0.25) is 0 Å². The Morgan fingerprint density at radius 3 is 2.50 bits per heavy atom. The Kier molecular flexibility index (Phi) is 3.50. The number of hydrogen-bond acceptors (Lipinski definition) is 4. The first-order chi connectivity index (χ1) is 8.49. The Hall–Kier alpha value is -1.26. The van der Waals surface area contributed by atoms with Gasteiger partial charge in [-0.15, -0.1) is 0 Å². The van der Waals surface area contributed by atoms with Crippen molar-refractivity contribution < 1.29 is 9.47 Å². The Morgan fingerprint density at radius 1 is 1.33 bits per heavy atom. The van der Waals surface area contributed by atoms with Gasteiger partial charge in [0.15, 0.2) is 11.5 Å². The van der Waals surface area contributed by atoms with Gasteiger partial charge < -0.3 is 20.5 Å². The van der Waals surface area contributed by atoms with E-state index >= 15 is 0 Å². The molecule has 1 atom stereocenters. The van der Waals surface area contributed by atoms with E-state index in [9.17, 15) is 0 Å². The molecule has 1 aromatic carbocycles. The molecule has 2 rings (SSSR count). The lowest BCUT2D eigenvalue weighted by molar-refractivity contribution is 0.174. The van der Waals surface area contributed by atoms with Crippen LogP contribution in [0.3, 0.4) is 0 Å². The van der Waals surface area contributed by atoms with Gasteiger partial charge in [0.25, 0.3) is 0 Å². The summed E-state index contributed by atoms with van der Waals surface area (Å²) in [6, 6.07) is 4.29. The van der Waals surface area contributed by atoms with Crippen LogP contribution in [0, 0.1) is 12.3 Å². The molecule has 0 aromatic heterocycles. The number of nitrogens with two attached hydrogens (primary N) is 1. The fourth-order valence-corrected chi connectivity index (χ4v) is 2.46. The molecule has 0 spiro atoms. The van der Waals surface area contributed by atoms with Gasteiger partial charge in [0.2, 0.25) is 6.79 Å². The Morgan fingerprint density at radius 2 is 1.94 bits per heavy atom. The standard InChI is InChI=1S/C14H22N2O2/c1-9-5-11-12(18-8-17-11)6-10(9)13(16-4)14(2,3)7-15/h5-6,13,16H,7-8,15H2,1-4H3. The first kappa shape index (κ1) is 13.2. The predicted octanol–water partition coefficient (Wildman–Crippen LogP) is 1.97. The van der Waals surface area contributed by atoms with Crippen molar-refractivity contribution in [2.24, 2.45) is 11.1 Å². The molecule has 0 saturated heterocycles. The molecule has 0 saturated carbocycles. The molecule has 0 amide bonds. The van der Waals surface area contributed by atoms with Crippen molar-refractivity contribution in [1.29, 1.82) is 0 Å². The molecule has 0 aliphatic carbocycles. The number of hydrogen-bond donors (Lipinski definition) is 2. The number of fused-ring (bicyclic) bond motifs is 1. The van der Waals surface area contributed by atoms with Gasteiger partial charge in [0.05, 0.1) is 0 Å². The average molecular weight is 250 g/mol. The molecule has 1 aliphatic rings. The van der Waals surface area contributed by atoms with Crippen molar-refractivity contribution in [3.63, 3.8) is 0 Å². The Labute approximate surface area is 108 Å². The minimum absolute atomic E-state index is 0.0206. The van der Waals surface area contributed by atoms with Crippen LogP contribution in [-0.4, -0.2) is 20.4 Å². The molecule has 0 bridgehead atoms. The topological polar surface area (TPSA) is 56.5 Å². The highest BCUT2D eigenvalue weighted by Gasteiger charge is 2.30. The van der Waals surface area contributed by atoms with Gasteiger partial charge in [-0.1, -0.05) is 13.8 Å². The largest absolute Gasteiger partial charge is 0.454 e. The van der Waals surface area contributed by atoms with Crippen molar-refractivity contribution >= 4 is 0 Å². The lowest BCUT2D eigenvalue weighted by Crippen LogP contribution is -2.38. The molecule has 1 aliphatic heterocycles. The van der Waals surface area contributed by atoms with Gasteiger partial charge in [0.1, 0.15) is 0 Å². The van der Waals surface area contributed by atoms with Crippen LogP contribution in [0.15, 0.2) is 12.1 Å². The molecule has 1 unspecified atom stereocenters. The van der Waals surface area contributed by atoms with Gasteiger partial charge in [0, 0.05) is 6.04 Å². The summed E-state index contributed by atoms with van der Waals surface area (Å²) in [4.78, 5) is 0. The quantitative estimate of drug-likeness (QED) is 0.858. The lowest BCUT2D eigenvalue weighted by Gasteiger charge is -2.34. The van der Waals surface area contributed by atoms with Gasteiger partial charge in [-0.25, -0.2) is 0 Å². The van der Waals surface area contributed by atoms with E-state index in [2.05, 4.69) is 32.2 Å². The molecular weight excluding hydrogens is 228 g/mol. The van der Waals surface area contributed by atoms with E-state index in [0.29, 0.717) is 13.3 Å². The Bertz CT molecular complexity index is 444. The average Bonchev–Trinajstić information content (AvgIpc) is 2.77. The maximum Gasteiger partial charge on any atom is 0.231 e. The SMILES string of the molecule is CNC(c1cc2c(cc1C)OCO2)C(C)(C)CN. The molecular formula is C14H22N2O2. The fourth-order valence-electron chi connectivity index (χ4n) is 2.46. The first-order valence-corrected chi connectivity index (χ1v) is 6.27. The van der Waals surface area contributed by atoms with Crippen LogP contribution < -0.4 is 20.5 Å². The summed E-state index contributed by atoms with van der Waals surface area (Å²) in [5.41, 5.74) is 8.28. The van der Waals surface area contributed by atoms with E-state index in [1.807, 2.05) is 13.1 Å². The van der Waals surface area contributed by atoms with Crippen molar-refractivity contribution in [3.8, 4) is 11.5 Å². The zero-order valence-corrected chi connectivity index (χ0v) is 11.5. The maximum absolute atomic E-state index is 5.89. The second-order valence-electron chi connectivity index (χ2n) is 5.48. The molecule has 0 fully saturated rings. The minimum atomic E-state index is -0.0206. The predicted molar refractivity (Wildman–Crippen MR) is 71.9 cm³/mol. The van der Waals surface area contributed by atoms with Gasteiger partial charge in [-0.3, -0.25) is 0 Å². The van der Waals surface area contributed by atoms with E-state index in [0.717, 1.165) is 11.5 Å². The second-order valence-corrected chi connectivity index (χ2v) is 5.48. The van der Waals surface area contributed by atoms with Crippen LogP contribution in [0.4, 0.5) is 0 Å². The third kappa shape index (κ3) is 2.18. The number of benzene rings is 1. The van der Waals surface area contributed by atoms with Crippen LogP contribution in [0.25, 0.3) is 0 Å². The van der Waals surface area contributed by atoms with Crippen molar-refractivity contribution in [1.82, 2.24) is 5.32 Å². The highest BCUT2D eigenvalue weighted by atomic mass is 16.7. The van der Waals surface area contributed by atoms with Gasteiger partial charge >= 0.3 is 0 Å². The zero-order chi connectivity index (χ0) is 13.3. The first-order valence-electron chi connectivity index (χ1n) is 6.27. The lowest BCUT2D eigenvalue weighted by atomic mass is 9.79. The third-order valence-electron chi connectivity index (χ3n) is 3.67. The van der Waals surface area contributed by atoms with Crippen molar-refractivity contribution in [2.45, 2.75) is 26.8 Å². The van der Waals surface area contributed by atoms with Gasteiger partial charge in [-0.05, 0) is 49.2 Å². The van der Waals surface area contributed by atoms with Gasteiger partial charge in [-0.2, -0.15) is 0 Å². The number of ether oxygens (including phenoxy) is 2. The van der Waals surface area contributed by atoms with E-state index in [1.54, 1.807) is 0 Å². The summed E-state index contributed by atoms with van der Waals surface area (Å²) in [5.74, 6) is 1.65. The maximum atomic E-state index is 5.89. The molecule has 100 valence electrons. The Balaban J connectivity index is 2.43. The van der Waals surface area contributed by atoms with Crippen LogP contribution in [0.5, 0.6) is 11.5 Å². The van der Waals surface area contributed by atoms with Crippen LogP contribution in [0.1, 0.15) is 31.0 Å². The molecule has 0 radical (unpaired) electrons. The summed E-state index contributed by atoms with van der Waals surface area (Å²) in [6.07, 6.45) is 0. The van der Waals surface area contributed by atoms with Crippen LogP contribution >= 0.6 is 0 Å². The van der Waals surface area contributed by atoms with Crippen molar-refractivity contribution in [3.05, 3.63) is 23.3 Å². The van der Waals surface area contributed by atoms with E-state index in [1.165, 1.54) is 11.1 Å². The molecule has 4 heteroatoms. The van der Waals surface area contributed by atoms with Crippen molar-refractivity contribution in [2.75, 3.05) is 20.4 Å². The van der Waals surface area contributed by atoms with E-state index in [4.69, 9.17) is 15.2 Å². The highest BCUT2D eigenvalue weighted by molar-refractivity contribution is 5.49. The number of rotatable bonds is 4. The zero-order valence-electron chi connectivity index (χ0n) is 11.5. The monoisotopic (exact) mass is 250 g/mol. The molecule has 1 aromatic rings. The molecule has 1 heterocycles. The summed E-state index contributed by atoms with van der Waals surface area (Å²) < 4.78 is 10.8. The second kappa shape index (κ2) is 4.78. The minimum Gasteiger partial charge on any atom is -0.454 e. The van der Waals surface area contributed by atoms with Crippen LogP contribution in [-0.2, 0) is 0 Å². The summed E-state index contributed by atoms with van der Waals surface area (Å²) >= 11 is 0. The summed E-state index contributed by atoms with van der Waals surface area (Å²) in [6.45, 7) is 7.35. The third-order valence-corrected chi connectivity index (χ3v) is 3.67. The van der Waals surface area contributed by atoms with E-state index in [-0.39, 0.29) is 11.5 Å². The molecule has 18 heavy (non-hydrogen) atoms. The molecule has 3 N–H and O–H groups in total. The van der Waals surface area contributed by atoms with E-state index < -0.39 is 0 Å². The smallest absolute Gasteiger partial charge is 0.231 e. The summed E-state index contributed by atoms with van der Waals surface area (Å²) in [5, 5.41) is 3.37. The fraction of sp³-hybridized carbons (Fsp3) is 0.571. The summed E-state index contributed by atoms with van der Waals surface area (Å²) in [7, 11) is 1.96. The number of nitrogens with one attached hydrogen (secondary N) is 1. The normalized spacial score (nSPS) is 15.8. The number of aryl methyl sites for hydroxylation is 1. The molecule has 4 nitrogen and oxygen atoms in total. The highest BCUT2D eigenvalue weighted by Crippen LogP contribution is 2.40.